The molecule has 112 valence electrons. The summed E-state index contributed by atoms with van der Waals surface area (Å²) in [4.78, 5) is 25.2. The van der Waals surface area contributed by atoms with Crippen molar-refractivity contribution < 1.29 is 13.8 Å². The molecule has 1 aromatic rings. The van der Waals surface area contributed by atoms with E-state index in [2.05, 4.69) is 4.98 Å². The van der Waals surface area contributed by atoms with Crippen LogP contribution in [0.1, 0.15) is 26.5 Å². The van der Waals surface area contributed by atoms with Crippen LogP contribution in [0.4, 0.5) is 0 Å². The number of aromatic amines is 1. The standard InChI is InChI=1S/C12H19N2O5P/c1-12(2)6-8(7-18-20(3)17)19-10(12)14-5-4-9(15)13-11(14)16/h4-5,8,10,20H,6-7H2,1-3H3,(H,13,15,16)/t8-,10+/m0/s1. The van der Waals surface area contributed by atoms with Crippen LogP contribution in [-0.4, -0.2) is 28.9 Å². The summed E-state index contributed by atoms with van der Waals surface area (Å²) in [5.74, 6) is 0. The molecule has 0 amide bonds. The van der Waals surface area contributed by atoms with Gasteiger partial charge in [0.15, 0.2) is 8.03 Å². The fourth-order valence-corrected chi connectivity index (χ4v) is 2.89. The van der Waals surface area contributed by atoms with Gasteiger partial charge in [-0.3, -0.25) is 18.9 Å². The summed E-state index contributed by atoms with van der Waals surface area (Å²) in [6.45, 7) is 5.72. The molecule has 0 aliphatic carbocycles. The van der Waals surface area contributed by atoms with Crippen LogP contribution in [0.3, 0.4) is 0 Å². The molecule has 8 heteroatoms. The third-order valence-electron chi connectivity index (χ3n) is 3.32. The van der Waals surface area contributed by atoms with Crippen molar-refractivity contribution in [1.29, 1.82) is 0 Å². The van der Waals surface area contributed by atoms with Crippen molar-refractivity contribution in [2.24, 2.45) is 5.41 Å². The first-order valence-corrected chi connectivity index (χ1v) is 8.21. The Hall–Kier alpha value is -1.17. The smallest absolute Gasteiger partial charge is 0.330 e. The van der Waals surface area contributed by atoms with E-state index < -0.39 is 25.5 Å². The van der Waals surface area contributed by atoms with Gasteiger partial charge in [-0.1, -0.05) is 13.8 Å². The number of H-pyrrole nitrogens is 1. The maximum atomic E-state index is 11.8. The van der Waals surface area contributed by atoms with Gasteiger partial charge in [0.2, 0.25) is 0 Å². The van der Waals surface area contributed by atoms with Crippen molar-refractivity contribution in [3.05, 3.63) is 33.1 Å². The number of nitrogens with zero attached hydrogens (tertiary/aromatic N) is 1. The molecule has 3 atom stereocenters. The molecule has 1 aromatic heterocycles. The second-order valence-corrected chi connectivity index (χ2v) is 6.89. The second-order valence-electron chi connectivity index (χ2n) is 5.62. The molecule has 0 saturated carbocycles. The van der Waals surface area contributed by atoms with Crippen molar-refractivity contribution in [2.75, 3.05) is 13.3 Å². The highest BCUT2D eigenvalue weighted by Crippen LogP contribution is 2.44. The molecule has 1 aliphatic heterocycles. The molecule has 0 bridgehead atoms. The summed E-state index contributed by atoms with van der Waals surface area (Å²) in [5.41, 5.74) is -1.23. The highest BCUT2D eigenvalue weighted by molar-refractivity contribution is 7.38. The Morgan fingerprint density at radius 1 is 1.55 bits per heavy atom. The zero-order valence-electron chi connectivity index (χ0n) is 11.7. The molecular weight excluding hydrogens is 283 g/mol. The first kappa shape index (κ1) is 15.2. The topological polar surface area (TPSA) is 90.4 Å². The van der Waals surface area contributed by atoms with Gasteiger partial charge in [-0.05, 0) is 6.42 Å². The molecule has 1 fully saturated rings. The summed E-state index contributed by atoms with van der Waals surface area (Å²) in [6, 6.07) is 1.29. The predicted molar refractivity (Wildman–Crippen MR) is 74.5 cm³/mol. The molecule has 1 unspecified atom stereocenters. The van der Waals surface area contributed by atoms with Crippen LogP contribution >= 0.6 is 8.03 Å². The van der Waals surface area contributed by atoms with E-state index in [4.69, 9.17) is 9.26 Å². The van der Waals surface area contributed by atoms with Crippen molar-refractivity contribution in [3.8, 4) is 0 Å². The monoisotopic (exact) mass is 302 g/mol. The maximum Gasteiger partial charge on any atom is 0.330 e. The van der Waals surface area contributed by atoms with Crippen molar-refractivity contribution in [1.82, 2.24) is 9.55 Å². The third-order valence-corrected chi connectivity index (χ3v) is 3.89. The number of hydrogen-bond donors (Lipinski definition) is 1. The molecule has 1 saturated heterocycles. The van der Waals surface area contributed by atoms with Crippen molar-refractivity contribution >= 4 is 8.03 Å². The van der Waals surface area contributed by atoms with Crippen LogP contribution in [-0.2, 0) is 13.8 Å². The molecule has 0 radical (unpaired) electrons. The van der Waals surface area contributed by atoms with Gasteiger partial charge in [0, 0.05) is 24.3 Å². The normalized spacial score (nSPS) is 26.6. The first-order chi connectivity index (χ1) is 9.29. The van der Waals surface area contributed by atoms with Crippen LogP contribution in [0, 0.1) is 5.41 Å². The Morgan fingerprint density at radius 3 is 2.85 bits per heavy atom. The lowest BCUT2D eigenvalue weighted by Crippen LogP contribution is -2.35. The lowest BCUT2D eigenvalue weighted by Gasteiger charge is -2.26. The van der Waals surface area contributed by atoms with E-state index in [9.17, 15) is 14.2 Å². The number of ether oxygens (including phenoxy) is 1. The van der Waals surface area contributed by atoms with E-state index in [-0.39, 0.29) is 18.1 Å². The van der Waals surface area contributed by atoms with E-state index in [1.807, 2.05) is 13.8 Å². The first-order valence-electron chi connectivity index (χ1n) is 6.40. The lowest BCUT2D eigenvalue weighted by molar-refractivity contribution is -0.0453. The van der Waals surface area contributed by atoms with Crippen molar-refractivity contribution in [3.63, 3.8) is 0 Å². The maximum absolute atomic E-state index is 11.8. The van der Waals surface area contributed by atoms with Gasteiger partial charge >= 0.3 is 5.69 Å². The lowest BCUT2D eigenvalue weighted by atomic mass is 9.87. The summed E-state index contributed by atoms with van der Waals surface area (Å²) in [6.07, 6.45) is 1.40. The van der Waals surface area contributed by atoms with Gasteiger partial charge in [0.05, 0.1) is 12.7 Å². The fourth-order valence-electron chi connectivity index (χ4n) is 2.46. The van der Waals surface area contributed by atoms with E-state index in [0.717, 1.165) is 0 Å². The number of hydrogen-bond acceptors (Lipinski definition) is 5. The number of rotatable bonds is 4. The Kier molecular flexibility index (Phi) is 4.32. The molecule has 20 heavy (non-hydrogen) atoms. The Labute approximate surface area is 116 Å². The van der Waals surface area contributed by atoms with E-state index >= 15 is 0 Å². The van der Waals surface area contributed by atoms with Crippen LogP contribution in [0.2, 0.25) is 0 Å². The van der Waals surface area contributed by atoms with Gasteiger partial charge < -0.3 is 9.26 Å². The largest absolute Gasteiger partial charge is 0.352 e. The minimum Gasteiger partial charge on any atom is -0.352 e. The minimum atomic E-state index is -2.00. The van der Waals surface area contributed by atoms with E-state index in [0.29, 0.717) is 6.42 Å². The van der Waals surface area contributed by atoms with Gasteiger partial charge in [0.1, 0.15) is 6.23 Å². The third kappa shape index (κ3) is 3.29. The van der Waals surface area contributed by atoms with Crippen LogP contribution < -0.4 is 11.2 Å². The van der Waals surface area contributed by atoms with Crippen molar-refractivity contribution in [2.45, 2.75) is 32.6 Å². The number of aromatic nitrogens is 2. The molecule has 2 heterocycles. The van der Waals surface area contributed by atoms with Gasteiger partial charge in [-0.15, -0.1) is 0 Å². The molecule has 7 nitrogen and oxygen atoms in total. The second kappa shape index (κ2) is 5.68. The molecule has 0 aromatic carbocycles. The quantitative estimate of drug-likeness (QED) is 0.837. The molecule has 1 N–H and O–H groups in total. The number of nitrogens with one attached hydrogen (secondary N) is 1. The Bertz CT molecular complexity index is 621. The summed E-state index contributed by atoms with van der Waals surface area (Å²) in [5, 5.41) is 0. The van der Waals surface area contributed by atoms with E-state index in [1.165, 1.54) is 23.5 Å². The van der Waals surface area contributed by atoms with Crippen LogP contribution in [0.5, 0.6) is 0 Å². The fraction of sp³-hybridized carbons (Fsp3) is 0.667. The van der Waals surface area contributed by atoms with Crippen LogP contribution in [0.15, 0.2) is 21.9 Å². The van der Waals surface area contributed by atoms with Gasteiger partial charge in [-0.2, -0.15) is 0 Å². The highest BCUT2D eigenvalue weighted by Gasteiger charge is 2.43. The molecule has 1 aliphatic rings. The zero-order valence-corrected chi connectivity index (χ0v) is 12.7. The average molecular weight is 302 g/mol. The SMILES string of the molecule is C[PH](=O)OC[C@@H]1CC(C)(C)[C@H](n2ccc(=O)[nH]c2=O)O1. The van der Waals surface area contributed by atoms with Gasteiger partial charge in [0.25, 0.3) is 5.56 Å². The van der Waals surface area contributed by atoms with Crippen LogP contribution in [0.25, 0.3) is 0 Å². The average Bonchev–Trinajstić information content (AvgIpc) is 2.62. The predicted octanol–water partition coefficient (Wildman–Crippen LogP) is 0.971. The van der Waals surface area contributed by atoms with E-state index in [1.54, 1.807) is 0 Å². The Balaban J connectivity index is 2.21. The zero-order chi connectivity index (χ0) is 14.9. The molecule has 2 rings (SSSR count). The molecular formula is C12H19N2O5P. The Morgan fingerprint density at radius 2 is 2.25 bits per heavy atom. The summed E-state index contributed by atoms with van der Waals surface area (Å²) >= 11 is 0. The van der Waals surface area contributed by atoms with Gasteiger partial charge in [-0.25, -0.2) is 4.79 Å². The summed E-state index contributed by atoms with van der Waals surface area (Å²) < 4.78 is 23.3. The molecule has 0 spiro atoms. The highest BCUT2D eigenvalue weighted by atomic mass is 31.1. The summed E-state index contributed by atoms with van der Waals surface area (Å²) in [7, 11) is -2.00. The minimum absolute atomic E-state index is 0.220.